The van der Waals surface area contributed by atoms with Crippen LogP contribution in [0.1, 0.15) is 19.8 Å². The largest absolute Gasteiger partial charge is 0.497 e. The van der Waals surface area contributed by atoms with E-state index in [0.717, 1.165) is 6.42 Å². The van der Waals surface area contributed by atoms with Gasteiger partial charge in [0.15, 0.2) is 6.10 Å². The number of hydrogen-bond acceptors (Lipinski definition) is 4. The highest BCUT2D eigenvalue weighted by Crippen LogP contribution is 2.26. The number of carbonyl (C=O) groups is 2. The number of ketones is 1. The monoisotopic (exact) mass is 182 g/mol. The van der Waals surface area contributed by atoms with Crippen LogP contribution >= 0.6 is 0 Å². The van der Waals surface area contributed by atoms with E-state index in [1.54, 1.807) is 6.92 Å². The van der Waals surface area contributed by atoms with Crippen LogP contribution in [0.3, 0.4) is 0 Å². The minimum absolute atomic E-state index is 0.130. The Morgan fingerprint density at radius 3 is 2.62 bits per heavy atom. The third-order valence-electron chi connectivity index (χ3n) is 2.21. The van der Waals surface area contributed by atoms with E-state index in [1.165, 1.54) is 0 Å². The van der Waals surface area contributed by atoms with Crippen LogP contribution in [0.15, 0.2) is 11.3 Å². The fraction of sp³-hybridized carbons (Fsp3) is 0.556. The summed E-state index contributed by atoms with van der Waals surface area (Å²) in [5.74, 6) is -0.268. The van der Waals surface area contributed by atoms with E-state index in [1.807, 2.05) is 0 Å². The molecule has 0 aromatic carbocycles. The van der Waals surface area contributed by atoms with Crippen molar-refractivity contribution in [2.24, 2.45) is 0 Å². The molecule has 0 aromatic heterocycles. The number of ether oxygens (including phenoxy) is 2. The Kier molecular flexibility index (Phi) is 1.83. The second-order valence-corrected chi connectivity index (χ2v) is 3.16. The molecule has 0 aliphatic carbocycles. The first kappa shape index (κ1) is 8.29. The van der Waals surface area contributed by atoms with Crippen molar-refractivity contribution in [3.05, 3.63) is 11.3 Å². The molecule has 0 bridgehead atoms. The molecule has 0 radical (unpaired) electrons. The molecular formula is C9H10O4. The highest BCUT2D eigenvalue weighted by molar-refractivity contribution is 6.23. The number of rotatable bonds is 0. The minimum atomic E-state index is -0.640. The fourth-order valence-electron chi connectivity index (χ4n) is 1.53. The summed E-state index contributed by atoms with van der Waals surface area (Å²) in [6, 6.07) is 0. The van der Waals surface area contributed by atoms with Crippen LogP contribution in [0.5, 0.6) is 0 Å². The van der Waals surface area contributed by atoms with Crippen LogP contribution in [0.4, 0.5) is 0 Å². The van der Waals surface area contributed by atoms with Crippen molar-refractivity contribution in [2.45, 2.75) is 25.9 Å². The van der Waals surface area contributed by atoms with Crippen molar-refractivity contribution in [3.63, 3.8) is 0 Å². The zero-order valence-corrected chi connectivity index (χ0v) is 7.33. The topological polar surface area (TPSA) is 52.6 Å². The number of cyclic esters (lactones) is 1. The molecule has 1 unspecified atom stereocenters. The van der Waals surface area contributed by atoms with E-state index in [9.17, 15) is 9.59 Å². The van der Waals surface area contributed by atoms with E-state index in [2.05, 4.69) is 0 Å². The number of carbonyl (C=O) groups excluding carboxylic acids is 2. The normalized spacial score (nSPS) is 33.5. The lowest BCUT2D eigenvalue weighted by atomic mass is 10.1. The quantitative estimate of drug-likeness (QED) is 0.312. The van der Waals surface area contributed by atoms with Crippen LogP contribution in [0, 0.1) is 0 Å². The molecule has 0 saturated carbocycles. The van der Waals surface area contributed by atoms with Crippen molar-refractivity contribution in [1.82, 2.24) is 0 Å². The van der Waals surface area contributed by atoms with E-state index in [-0.39, 0.29) is 11.4 Å². The molecule has 2 rings (SSSR count). The zero-order chi connectivity index (χ0) is 9.42. The van der Waals surface area contributed by atoms with Crippen molar-refractivity contribution >= 4 is 11.8 Å². The molecule has 2 saturated heterocycles. The van der Waals surface area contributed by atoms with Crippen molar-refractivity contribution in [1.29, 1.82) is 0 Å². The van der Waals surface area contributed by atoms with Gasteiger partial charge in [-0.05, 0) is 13.3 Å². The Morgan fingerprint density at radius 2 is 2.15 bits per heavy atom. The summed E-state index contributed by atoms with van der Waals surface area (Å²) in [6.07, 6.45) is 0.899. The van der Waals surface area contributed by atoms with E-state index in [4.69, 9.17) is 9.47 Å². The van der Waals surface area contributed by atoms with Gasteiger partial charge in [-0.15, -0.1) is 0 Å². The zero-order valence-electron chi connectivity index (χ0n) is 7.33. The second kappa shape index (κ2) is 2.87. The molecule has 2 aliphatic heterocycles. The van der Waals surface area contributed by atoms with Gasteiger partial charge in [0.05, 0.1) is 6.61 Å². The molecule has 2 fully saturated rings. The number of Topliss-reactive ketones (excluding diaryl/α,β-unsaturated/α-hetero) is 1. The Hall–Kier alpha value is -1.32. The highest BCUT2D eigenvalue weighted by atomic mass is 16.6. The maximum absolute atomic E-state index is 11.4. The summed E-state index contributed by atoms with van der Waals surface area (Å²) in [5, 5.41) is 0. The molecule has 4 heteroatoms. The molecule has 0 spiro atoms. The smallest absolute Gasteiger partial charge is 0.346 e. The number of allylic oxidation sites excluding steroid dienone is 1. The summed E-state index contributed by atoms with van der Waals surface area (Å²) >= 11 is 0. The van der Waals surface area contributed by atoms with E-state index in [0.29, 0.717) is 18.8 Å². The van der Waals surface area contributed by atoms with Gasteiger partial charge in [0.25, 0.3) is 0 Å². The van der Waals surface area contributed by atoms with Gasteiger partial charge < -0.3 is 9.47 Å². The lowest BCUT2D eigenvalue weighted by molar-refractivity contribution is -0.140. The van der Waals surface area contributed by atoms with E-state index < -0.39 is 12.1 Å². The summed E-state index contributed by atoms with van der Waals surface area (Å²) < 4.78 is 9.96. The maximum Gasteiger partial charge on any atom is 0.346 e. The SMILES string of the molecule is CC1OC(=O)C(=C2CCCO2)C1=O. The van der Waals surface area contributed by atoms with Gasteiger partial charge in [-0.2, -0.15) is 0 Å². The predicted octanol–water partition coefficient (Wildman–Crippen LogP) is 0.565. The first-order valence-electron chi connectivity index (χ1n) is 4.31. The van der Waals surface area contributed by atoms with E-state index >= 15 is 0 Å². The first-order valence-corrected chi connectivity index (χ1v) is 4.31. The molecule has 0 amide bonds. The Labute approximate surface area is 75.5 Å². The van der Waals surface area contributed by atoms with Gasteiger partial charge in [-0.25, -0.2) is 4.79 Å². The van der Waals surface area contributed by atoms with Crippen molar-refractivity contribution in [3.8, 4) is 0 Å². The fourth-order valence-corrected chi connectivity index (χ4v) is 1.53. The van der Waals surface area contributed by atoms with Gasteiger partial charge in [0.1, 0.15) is 11.3 Å². The highest BCUT2D eigenvalue weighted by Gasteiger charge is 2.39. The summed E-state index contributed by atoms with van der Waals surface area (Å²) in [4.78, 5) is 22.6. The van der Waals surface area contributed by atoms with Gasteiger partial charge in [-0.1, -0.05) is 0 Å². The molecule has 4 nitrogen and oxygen atoms in total. The molecular weight excluding hydrogens is 172 g/mol. The van der Waals surface area contributed by atoms with Crippen molar-refractivity contribution < 1.29 is 19.1 Å². The number of esters is 1. The molecule has 0 aromatic rings. The van der Waals surface area contributed by atoms with Crippen LogP contribution < -0.4 is 0 Å². The molecule has 2 aliphatic rings. The number of hydrogen-bond donors (Lipinski definition) is 0. The van der Waals surface area contributed by atoms with Crippen LogP contribution in [0.25, 0.3) is 0 Å². The molecule has 0 N–H and O–H groups in total. The average molecular weight is 182 g/mol. The molecule has 70 valence electrons. The summed E-state index contributed by atoms with van der Waals surface area (Å²) in [6.45, 7) is 2.16. The van der Waals surface area contributed by atoms with Crippen molar-refractivity contribution in [2.75, 3.05) is 6.61 Å². The Morgan fingerprint density at radius 1 is 1.38 bits per heavy atom. The lowest BCUT2D eigenvalue weighted by Crippen LogP contribution is -2.11. The van der Waals surface area contributed by atoms with Gasteiger partial charge >= 0.3 is 5.97 Å². The standard InChI is InChI=1S/C9H10O4/c1-5-8(10)7(9(11)13-5)6-3-2-4-12-6/h5H,2-4H2,1H3. The van der Waals surface area contributed by atoms with Gasteiger partial charge in [0, 0.05) is 6.42 Å². The third kappa shape index (κ3) is 1.22. The molecule has 13 heavy (non-hydrogen) atoms. The summed E-state index contributed by atoms with van der Waals surface area (Å²) in [7, 11) is 0. The van der Waals surface area contributed by atoms with Crippen LogP contribution in [0.2, 0.25) is 0 Å². The van der Waals surface area contributed by atoms with Gasteiger partial charge in [-0.3, -0.25) is 4.79 Å². The maximum atomic E-state index is 11.4. The Balaban J connectivity index is 2.36. The second-order valence-electron chi connectivity index (χ2n) is 3.16. The molecule has 2 heterocycles. The predicted molar refractivity (Wildman–Crippen MR) is 42.8 cm³/mol. The minimum Gasteiger partial charge on any atom is -0.497 e. The van der Waals surface area contributed by atoms with Crippen LogP contribution in [-0.2, 0) is 19.1 Å². The third-order valence-corrected chi connectivity index (χ3v) is 2.21. The Bertz CT molecular complexity index is 295. The average Bonchev–Trinajstić information content (AvgIpc) is 2.63. The van der Waals surface area contributed by atoms with Gasteiger partial charge in [0.2, 0.25) is 5.78 Å². The van der Waals surface area contributed by atoms with Crippen LogP contribution in [-0.4, -0.2) is 24.5 Å². The first-order chi connectivity index (χ1) is 6.20. The lowest BCUT2D eigenvalue weighted by Gasteiger charge is -1.98. The summed E-state index contributed by atoms with van der Waals surface area (Å²) in [5.41, 5.74) is 0.130. The molecule has 1 atom stereocenters.